The van der Waals surface area contributed by atoms with E-state index in [9.17, 15) is 4.79 Å². The molecule has 1 aromatic carbocycles. The first-order valence-corrected chi connectivity index (χ1v) is 5.40. The van der Waals surface area contributed by atoms with Gasteiger partial charge in [0.2, 0.25) is 0 Å². The zero-order chi connectivity index (χ0) is 12.4. The van der Waals surface area contributed by atoms with Gasteiger partial charge in [0.15, 0.2) is 0 Å². The van der Waals surface area contributed by atoms with Crippen molar-refractivity contribution in [3.8, 4) is 5.69 Å². The fourth-order valence-electron chi connectivity index (χ4n) is 1.87. The van der Waals surface area contributed by atoms with E-state index >= 15 is 0 Å². The highest BCUT2D eigenvalue weighted by atomic mass is 16.4. The van der Waals surface area contributed by atoms with E-state index < -0.39 is 5.97 Å². The maximum Gasteiger partial charge on any atom is 0.311 e. The monoisotopic (exact) mass is 230 g/mol. The maximum absolute atomic E-state index is 10.8. The number of benzene rings is 1. The Labute approximate surface area is 99.5 Å². The average Bonchev–Trinajstić information content (AvgIpc) is 2.59. The van der Waals surface area contributed by atoms with Crippen molar-refractivity contribution in [1.29, 1.82) is 0 Å². The fraction of sp³-hybridized carbons (Fsp3) is 0.231. The number of aromatic nitrogens is 2. The van der Waals surface area contributed by atoms with Crippen LogP contribution in [0.4, 0.5) is 0 Å². The van der Waals surface area contributed by atoms with Crippen molar-refractivity contribution >= 4 is 5.97 Å². The lowest BCUT2D eigenvalue weighted by molar-refractivity contribution is -0.136. The van der Waals surface area contributed by atoms with Crippen molar-refractivity contribution in [1.82, 2.24) is 9.55 Å². The molecule has 0 amide bonds. The summed E-state index contributed by atoms with van der Waals surface area (Å²) in [5.74, 6) is -0.315. The second-order valence-electron chi connectivity index (χ2n) is 4.06. The van der Waals surface area contributed by atoms with Crippen LogP contribution in [0.25, 0.3) is 5.69 Å². The van der Waals surface area contributed by atoms with E-state index in [1.165, 1.54) is 0 Å². The van der Waals surface area contributed by atoms with Crippen LogP contribution in [0.3, 0.4) is 0 Å². The van der Waals surface area contributed by atoms with Crippen molar-refractivity contribution in [3.05, 3.63) is 47.5 Å². The molecule has 88 valence electrons. The van der Waals surface area contributed by atoms with Gasteiger partial charge in [0.25, 0.3) is 0 Å². The molecule has 0 spiro atoms. The van der Waals surface area contributed by atoms with Gasteiger partial charge in [0.05, 0.1) is 0 Å². The summed E-state index contributed by atoms with van der Waals surface area (Å²) in [5, 5.41) is 8.85. The van der Waals surface area contributed by atoms with Crippen LogP contribution in [0.2, 0.25) is 0 Å². The highest BCUT2D eigenvalue weighted by Crippen LogP contribution is 2.16. The lowest BCUT2D eigenvalue weighted by Crippen LogP contribution is -2.09. The smallest absolute Gasteiger partial charge is 0.311 e. The molecule has 0 aliphatic heterocycles. The molecule has 1 aromatic heterocycles. The second kappa shape index (κ2) is 4.41. The van der Waals surface area contributed by atoms with E-state index in [1.807, 2.05) is 42.7 Å². The summed E-state index contributed by atoms with van der Waals surface area (Å²) in [6, 6.07) is 7.92. The molecule has 0 saturated heterocycles. The minimum absolute atomic E-state index is 0.0677. The van der Waals surface area contributed by atoms with Crippen molar-refractivity contribution in [2.75, 3.05) is 0 Å². The highest BCUT2D eigenvalue weighted by molar-refractivity contribution is 5.69. The number of hydrogen-bond acceptors (Lipinski definition) is 2. The number of carboxylic acids is 1. The van der Waals surface area contributed by atoms with Gasteiger partial charge in [-0.2, -0.15) is 0 Å². The van der Waals surface area contributed by atoms with Crippen molar-refractivity contribution < 1.29 is 9.90 Å². The molecule has 2 aromatic rings. The van der Waals surface area contributed by atoms with Crippen LogP contribution in [0, 0.1) is 13.8 Å². The average molecular weight is 230 g/mol. The molecule has 1 N–H and O–H groups in total. The molecule has 0 unspecified atom stereocenters. The molecule has 0 atom stereocenters. The van der Waals surface area contributed by atoms with Gasteiger partial charge in [-0.1, -0.05) is 12.1 Å². The summed E-state index contributed by atoms with van der Waals surface area (Å²) in [5.41, 5.74) is 3.03. The Morgan fingerprint density at radius 3 is 2.82 bits per heavy atom. The molecule has 0 bridgehead atoms. The van der Waals surface area contributed by atoms with E-state index in [4.69, 9.17) is 5.11 Å². The van der Waals surface area contributed by atoms with Gasteiger partial charge in [-0.05, 0) is 31.5 Å². The summed E-state index contributed by atoms with van der Waals surface area (Å²) >= 11 is 0. The molecule has 0 saturated carbocycles. The van der Waals surface area contributed by atoms with Gasteiger partial charge in [-0.3, -0.25) is 4.79 Å². The summed E-state index contributed by atoms with van der Waals surface area (Å²) in [7, 11) is 0. The number of aliphatic carboxylic acids is 1. The third-order valence-electron chi connectivity index (χ3n) is 2.58. The van der Waals surface area contributed by atoms with Crippen molar-refractivity contribution in [3.63, 3.8) is 0 Å². The first-order chi connectivity index (χ1) is 8.08. The van der Waals surface area contributed by atoms with Crippen LogP contribution in [-0.4, -0.2) is 20.6 Å². The summed E-state index contributed by atoms with van der Waals surface area (Å²) in [6.45, 7) is 3.92. The van der Waals surface area contributed by atoms with E-state index in [1.54, 1.807) is 6.20 Å². The first kappa shape index (κ1) is 11.4. The predicted molar refractivity (Wildman–Crippen MR) is 64.4 cm³/mol. The number of nitrogens with zero attached hydrogens (tertiary/aromatic N) is 2. The van der Waals surface area contributed by atoms with Crippen LogP contribution in [0.15, 0.2) is 30.5 Å². The molecule has 4 heteroatoms. The summed E-state index contributed by atoms with van der Waals surface area (Å²) in [4.78, 5) is 14.9. The summed E-state index contributed by atoms with van der Waals surface area (Å²) < 4.78 is 1.88. The molecule has 1 heterocycles. The van der Waals surface area contributed by atoms with Crippen molar-refractivity contribution in [2.24, 2.45) is 0 Å². The molecule has 0 radical (unpaired) electrons. The third-order valence-corrected chi connectivity index (χ3v) is 2.58. The van der Waals surface area contributed by atoms with E-state index in [0.29, 0.717) is 5.82 Å². The minimum Gasteiger partial charge on any atom is -0.481 e. The lowest BCUT2D eigenvalue weighted by atomic mass is 10.2. The molecule has 2 rings (SSSR count). The van der Waals surface area contributed by atoms with Gasteiger partial charge in [0, 0.05) is 17.6 Å². The number of carbonyl (C=O) groups is 1. The Bertz CT molecular complexity index is 558. The molecule has 0 aliphatic carbocycles. The number of hydrogen-bond donors (Lipinski definition) is 1. The third kappa shape index (κ3) is 2.36. The predicted octanol–water partition coefficient (Wildman–Crippen LogP) is 2.12. The van der Waals surface area contributed by atoms with Crippen LogP contribution in [-0.2, 0) is 11.2 Å². The van der Waals surface area contributed by atoms with Gasteiger partial charge in [-0.25, -0.2) is 4.98 Å². The van der Waals surface area contributed by atoms with E-state index in [0.717, 1.165) is 16.9 Å². The number of aryl methyl sites for hydroxylation is 2. The zero-order valence-corrected chi connectivity index (χ0v) is 9.84. The number of rotatable bonds is 3. The van der Waals surface area contributed by atoms with E-state index in [-0.39, 0.29) is 6.42 Å². The Hall–Kier alpha value is -2.10. The number of imidazole rings is 1. The molecular weight excluding hydrogens is 216 g/mol. The Kier molecular flexibility index (Phi) is 2.95. The standard InChI is InChI=1S/C13H14N2O2/c1-9-4-3-5-11(6-9)15-10(2)8-14-12(15)7-13(16)17/h3-6,8H,7H2,1-2H3,(H,16,17). The Balaban J connectivity index is 2.50. The van der Waals surface area contributed by atoms with Gasteiger partial charge in [0.1, 0.15) is 12.2 Å². The zero-order valence-electron chi connectivity index (χ0n) is 9.84. The normalized spacial score (nSPS) is 10.5. The second-order valence-corrected chi connectivity index (χ2v) is 4.06. The van der Waals surface area contributed by atoms with Gasteiger partial charge in [-0.15, -0.1) is 0 Å². The Morgan fingerprint density at radius 1 is 1.41 bits per heavy atom. The molecule has 4 nitrogen and oxygen atoms in total. The fourth-order valence-corrected chi connectivity index (χ4v) is 1.87. The van der Waals surface area contributed by atoms with Crippen LogP contribution >= 0.6 is 0 Å². The molecule has 0 fully saturated rings. The SMILES string of the molecule is Cc1cccc(-n2c(C)cnc2CC(=O)O)c1. The van der Waals surface area contributed by atoms with E-state index in [2.05, 4.69) is 4.98 Å². The van der Waals surface area contributed by atoms with Crippen LogP contribution < -0.4 is 0 Å². The minimum atomic E-state index is -0.871. The van der Waals surface area contributed by atoms with Crippen LogP contribution in [0.5, 0.6) is 0 Å². The quantitative estimate of drug-likeness (QED) is 0.878. The Morgan fingerprint density at radius 2 is 2.18 bits per heavy atom. The summed E-state index contributed by atoms with van der Waals surface area (Å²) in [6.07, 6.45) is 1.63. The highest BCUT2D eigenvalue weighted by Gasteiger charge is 2.11. The molecule has 0 aliphatic rings. The lowest BCUT2D eigenvalue weighted by Gasteiger charge is -2.09. The topological polar surface area (TPSA) is 55.1 Å². The van der Waals surface area contributed by atoms with Crippen LogP contribution in [0.1, 0.15) is 17.1 Å². The first-order valence-electron chi connectivity index (χ1n) is 5.40. The maximum atomic E-state index is 10.8. The van der Waals surface area contributed by atoms with Crippen molar-refractivity contribution in [2.45, 2.75) is 20.3 Å². The molecule has 17 heavy (non-hydrogen) atoms. The van der Waals surface area contributed by atoms with Gasteiger partial charge < -0.3 is 9.67 Å². The largest absolute Gasteiger partial charge is 0.481 e. The van der Waals surface area contributed by atoms with Gasteiger partial charge >= 0.3 is 5.97 Å². The number of carboxylic acid groups (broad SMARTS) is 1. The molecular formula is C13H14N2O2.